The average molecular weight is 336 g/mol. The molecule has 2 aromatic rings. The second-order valence-electron chi connectivity index (χ2n) is 7.43. The highest BCUT2D eigenvalue weighted by Crippen LogP contribution is 2.32. The Morgan fingerprint density at radius 3 is 2.56 bits per heavy atom. The molecule has 0 unspecified atom stereocenters. The van der Waals surface area contributed by atoms with E-state index in [-0.39, 0.29) is 0 Å². The summed E-state index contributed by atoms with van der Waals surface area (Å²) < 4.78 is 5.71. The summed E-state index contributed by atoms with van der Waals surface area (Å²) in [5, 5.41) is 0. The molecule has 3 nitrogen and oxygen atoms in total. The first-order valence-electron chi connectivity index (χ1n) is 9.41. The Morgan fingerprint density at radius 1 is 1.04 bits per heavy atom. The molecular weight excluding hydrogens is 308 g/mol. The molecule has 132 valence electrons. The van der Waals surface area contributed by atoms with Gasteiger partial charge in [-0.25, -0.2) is 0 Å². The molecule has 25 heavy (non-hydrogen) atoms. The Labute approximate surface area is 151 Å². The molecule has 1 fully saturated rings. The number of nitrogens with zero attached hydrogens (tertiary/aromatic N) is 2. The number of benzene rings is 2. The summed E-state index contributed by atoms with van der Waals surface area (Å²) in [6.07, 6.45) is 3.71. The molecule has 2 aromatic carbocycles. The van der Waals surface area contributed by atoms with Crippen molar-refractivity contribution in [2.24, 2.45) is 0 Å². The van der Waals surface area contributed by atoms with Crippen LogP contribution in [0.1, 0.15) is 34.7 Å². The van der Waals surface area contributed by atoms with E-state index in [0.29, 0.717) is 6.04 Å². The number of methoxy groups -OCH3 is 1. The second-order valence-corrected chi connectivity index (χ2v) is 7.43. The van der Waals surface area contributed by atoms with E-state index >= 15 is 0 Å². The van der Waals surface area contributed by atoms with Gasteiger partial charge in [-0.1, -0.05) is 36.4 Å². The van der Waals surface area contributed by atoms with Gasteiger partial charge in [0.1, 0.15) is 5.75 Å². The highest BCUT2D eigenvalue weighted by molar-refractivity contribution is 5.44. The van der Waals surface area contributed by atoms with Gasteiger partial charge in [-0.15, -0.1) is 0 Å². The van der Waals surface area contributed by atoms with Crippen LogP contribution in [0.2, 0.25) is 0 Å². The van der Waals surface area contributed by atoms with E-state index in [1.807, 2.05) is 0 Å². The second kappa shape index (κ2) is 7.19. The summed E-state index contributed by atoms with van der Waals surface area (Å²) >= 11 is 0. The van der Waals surface area contributed by atoms with Gasteiger partial charge in [0.05, 0.1) is 7.11 Å². The van der Waals surface area contributed by atoms with Crippen molar-refractivity contribution >= 4 is 0 Å². The Hall–Kier alpha value is -1.84. The number of piperazine rings is 1. The van der Waals surface area contributed by atoms with E-state index in [2.05, 4.69) is 59.3 Å². The third-order valence-corrected chi connectivity index (χ3v) is 5.81. The van der Waals surface area contributed by atoms with Crippen LogP contribution in [-0.4, -0.2) is 43.6 Å². The number of ether oxygens (including phenoxy) is 1. The van der Waals surface area contributed by atoms with E-state index in [1.54, 1.807) is 7.11 Å². The summed E-state index contributed by atoms with van der Waals surface area (Å²) in [7, 11) is 4.04. The van der Waals surface area contributed by atoms with Crippen molar-refractivity contribution in [3.8, 4) is 5.75 Å². The topological polar surface area (TPSA) is 15.7 Å². The minimum Gasteiger partial charge on any atom is -0.496 e. The molecule has 3 heteroatoms. The van der Waals surface area contributed by atoms with E-state index < -0.39 is 0 Å². The normalized spacial score (nSPS) is 21.3. The minimum absolute atomic E-state index is 0.468. The van der Waals surface area contributed by atoms with Gasteiger partial charge in [-0.3, -0.25) is 9.80 Å². The van der Waals surface area contributed by atoms with E-state index in [1.165, 1.54) is 41.5 Å². The average Bonchev–Trinajstić information content (AvgIpc) is 3.10. The molecule has 0 radical (unpaired) electrons. The zero-order valence-electron chi connectivity index (χ0n) is 15.4. The maximum Gasteiger partial charge on any atom is 0.123 e. The maximum absolute atomic E-state index is 5.71. The molecule has 0 aromatic heterocycles. The van der Waals surface area contributed by atoms with E-state index in [9.17, 15) is 0 Å². The number of aryl methyl sites for hydroxylation is 2. The van der Waals surface area contributed by atoms with Crippen LogP contribution in [0.3, 0.4) is 0 Å². The lowest BCUT2D eigenvalue weighted by molar-refractivity contribution is 0.0899. The molecule has 0 N–H and O–H groups in total. The van der Waals surface area contributed by atoms with Crippen molar-refractivity contribution < 1.29 is 4.74 Å². The van der Waals surface area contributed by atoms with Crippen molar-refractivity contribution in [2.75, 3.05) is 33.8 Å². The van der Waals surface area contributed by atoms with Crippen LogP contribution >= 0.6 is 0 Å². The smallest absolute Gasteiger partial charge is 0.123 e. The standard InChI is InChI=1S/C22H28N2O/c1-23-11-12-24(16-21(23)17-7-4-3-5-8-17)15-20-13-18-9-6-10-19(18)14-22(20)25-2/h3-5,7-8,13-14,21H,6,9-12,15-16H2,1-2H3/t21-/m1/s1. The lowest BCUT2D eigenvalue weighted by Crippen LogP contribution is -2.46. The third-order valence-electron chi connectivity index (χ3n) is 5.81. The molecule has 1 saturated heterocycles. The first-order valence-corrected chi connectivity index (χ1v) is 9.41. The van der Waals surface area contributed by atoms with Crippen LogP contribution in [0.5, 0.6) is 5.75 Å². The quantitative estimate of drug-likeness (QED) is 0.847. The van der Waals surface area contributed by atoms with Crippen LogP contribution < -0.4 is 4.74 Å². The van der Waals surface area contributed by atoms with Crippen LogP contribution in [0, 0.1) is 0 Å². The van der Waals surface area contributed by atoms with Crippen LogP contribution in [0.15, 0.2) is 42.5 Å². The Balaban J connectivity index is 1.53. The number of hydrogen-bond donors (Lipinski definition) is 0. The summed E-state index contributed by atoms with van der Waals surface area (Å²) in [4.78, 5) is 5.06. The predicted molar refractivity (Wildman–Crippen MR) is 102 cm³/mol. The van der Waals surface area contributed by atoms with Gasteiger partial charge in [0.15, 0.2) is 0 Å². The lowest BCUT2D eigenvalue weighted by Gasteiger charge is -2.40. The summed E-state index contributed by atoms with van der Waals surface area (Å²) in [6, 6.07) is 16.0. The van der Waals surface area contributed by atoms with Gasteiger partial charge < -0.3 is 4.74 Å². The molecule has 1 aliphatic carbocycles. The fourth-order valence-electron chi connectivity index (χ4n) is 4.32. The molecule has 4 rings (SSSR count). The highest BCUT2D eigenvalue weighted by Gasteiger charge is 2.26. The van der Waals surface area contributed by atoms with Gasteiger partial charge in [0, 0.05) is 37.8 Å². The fourth-order valence-corrected chi connectivity index (χ4v) is 4.32. The molecule has 1 atom stereocenters. The monoisotopic (exact) mass is 336 g/mol. The molecule has 0 bridgehead atoms. The maximum atomic E-state index is 5.71. The van der Waals surface area contributed by atoms with Crippen molar-refractivity contribution in [3.05, 3.63) is 64.7 Å². The van der Waals surface area contributed by atoms with E-state index in [4.69, 9.17) is 4.74 Å². The molecule has 1 heterocycles. The molecular formula is C22H28N2O. The van der Waals surface area contributed by atoms with Crippen molar-refractivity contribution in [3.63, 3.8) is 0 Å². The van der Waals surface area contributed by atoms with Crippen molar-refractivity contribution in [2.45, 2.75) is 31.8 Å². The van der Waals surface area contributed by atoms with Crippen LogP contribution in [0.4, 0.5) is 0 Å². The molecule has 2 aliphatic rings. The number of fused-ring (bicyclic) bond motifs is 1. The van der Waals surface area contributed by atoms with Gasteiger partial charge in [-0.05, 0) is 49.1 Å². The van der Waals surface area contributed by atoms with Crippen molar-refractivity contribution in [1.82, 2.24) is 9.80 Å². The van der Waals surface area contributed by atoms with Crippen LogP contribution in [0.25, 0.3) is 0 Å². The van der Waals surface area contributed by atoms with Gasteiger partial charge in [0.25, 0.3) is 0 Å². The zero-order valence-corrected chi connectivity index (χ0v) is 15.4. The minimum atomic E-state index is 0.468. The molecule has 0 saturated carbocycles. The van der Waals surface area contributed by atoms with E-state index in [0.717, 1.165) is 31.9 Å². The predicted octanol–water partition coefficient (Wildman–Crippen LogP) is 3.67. The number of rotatable bonds is 4. The first kappa shape index (κ1) is 16.6. The lowest BCUT2D eigenvalue weighted by atomic mass is 10.0. The summed E-state index contributed by atoms with van der Waals surface area (Å²) in [5.41, 5.74) is 5.78. The van der Waals surface area contributed by atoms with Gasteiger partial charge in [-0.2, -0.15) is 0 Å². The summed E-state index contributed by atoms with van der Waals surface area (Å²) in [5.74, 6) is 1.07. The van der Waals surface area contributed by atoms with Crippen molar-refractivity contribution in [1.29, 1.82) is 0 Å². The Bertz CT molecular complexity index is 728. The van der Waals surface area contributed by atoms with Gasteiger partial charge in [0.2, 0.25) is 0 Å². The molecule has 0 amide bonds. The zero-order chi connectivity index (χ0) is 17.2. The van der Waals surface area contributed by atoms with Gasteiger partial charge >= 0.3 is 0 Å². The summed E-state index contributed by atoms with van der Waals surface area (Å²) in [6.45, 7) is 4.27. The Morgan fingerprint density at radius 2 is 1.80 bits per heavy atom. The fraction of sp³-hybridized carbons (Fsp3) is 0.455. The third kappa shape index (κ3) is 3.44. The molecule has 1 aliphatic heterocycles. The van der Waals surface area contributed by atoms with Crippen LogP contribution in [-0.2, 0) is 19.4 Å². The SMILES string of the molecule is COc1cc2c(cc1CN1CCN(C)[C@@H](c3ccccc3)C1)CCC2. The Kier molecular flexibility index (Phi) is 4.78. The molecule has 0 spiro atoms. The number of hydrogen-bond acceptors (Lipinski definition) is 3. The first-order chi connectivity index (χ1) is 12.2. The largest absolute Gasteiger partial charge is 0.496 e. The highest BCUT2D eigenvalue weighted by atomic mass is 16.5. The number of likely N-dealkylation sites (N-methyl/N-ethyl adjacent to an activating group) is 1.